The SMILES string of the molecule is Cc1ccc(NC(=O)c2ccc(S(=O)(=O)NC(C)C)cc2)cc1. The van der Waals surface area contributed by atoms with Crippen LogP contribution in [0.4, 0.5) is 5.69 Å². The van der Waals surface area contributed by atoms with Gasteiger partial charge in [-0.2, -0.15) is 0 Å². The lowest BCUT2D eigenvalue weighted by Crippen LogP contribution is -2.30. The Hall–Kier alpha value is -2.18. The number of amides is 1. The average Bonchev–Trinajstić information content (AvgIpc) is 2.48. The summed E-state index contributed by atoms with van der Waals surface area (Å²) in [5.41, 5.74) is 2.20. The summed E-state index contributed by atoms with van der Waals surface area (Å²) >= 11 is 0. The van der Waals surface area contributed by atoms with Gasteiger partial charge in [0.15, 0.2) is 0 Å². The van der Waals surface area contributed by atoms with E-state index in [1.807, 2.05) is 31.2 Å². The molecule has 2 rings (SSSR count). The first-order chi connectivity index (χ1) is 10.8. The van der Waals surface area contributed by atoms with Crippen molar-refractivity contribution in [2.45, 2.75) is 31.7 Å². The summed E-state index contributed by atoms with van der Waals surface area (Å²) in [7, 11) is -3.55. The minimum Gasteiger partial charge on any atom is -0.322 e. The van der Waals surface area contributed by atoms with E-state index in [2.05, 4.69) is 10.0 Å². The van der Waals surface area contributed by atoms with Gasteiger partial charge in [0, 0.05) is 17.3 Å². The summed E-state index contributed by atoms with van der Waals surface area (Å²) in [6.07, 6.45) is 0. The number of sulfonamides is 1. The lowest BCUT2D eigenvalue weighted by Gasteiger charge is -2.10. The van der Waals surface area contributed by atoms with E-state index in [4.69, 9.17) is 0 Å². The number of rotatable bonds is 5. The van der Waals surface area contributed by atoms with Crippen LogP contribution in [0, 0.1) is 6.92 Å². The number of hydrogen-bond donors (Lipinski definition) is 2. The quantitative estimate of drug-likeness (QED) is 0.884. The third-order valence-electron chi connectivity index (χ3n) is 3.13. The van der Waals surface area contributed by atoms with Crippen molar-refractivity contribution in [2.75, 3.05) is 5.32 Å². The van der Waals surface area contributed by atoms with Gasteiger partial charge < -0.3 is 5.32 Å². The molecular weight excluding hydrogens is 312 g/mol. The molecule has 2 aromatic rings. The van der Waals surface area contributed by atoms with E-state index in [9.17, 15) is 13.2 Å². The van der Waals surface area contributed by atoms with Crippen LogP contribution in [0.3, 0.4) is 0 Å². The Morgan fingerprint density at radius 1 is 0.957 bits per heavy atom. The Morgan fingerprint density at radius 2 is 1.52 bits per heavy atom. The highest BCUT2D eigenvalue weighted by atomic mass is 32.2. The molecule has 1 amide bonds. The standard InChI is InChI=1S/C17H20N2O3S/c1-12(2)19-23(21,22)16-10-6-14(7-11-16)17(20)18-15-8-4-13(3)5-9-15/h4-12,19H,1-3H3,(H,18,20). The maximum absolute atomic E-state index is 12.2. The summed E-state index contributed by atoms with van der Waals surface area (Å²) in [5, 5.41) is 2.77. The van der Waals surface area contributed by atoms with E-state index in [1.54, 1.807) is 13.8 Å². The van der Waals surface area contributed by atoms with Crippen molar-refractivity contribution in [2.24, 2.45) is 0 Å². The normalized spacial score (nSPS) is 11.5. The highest BCUT2D eigenvalue weighted by Gasteiger charge is 2.16. The molecular formula is C17H20N2O3S. The van der Waals surface area contributed by atoms with E-state index in [1.165, 1.54) is 24.3 Å². The number of carbonyl (C=O) groups is 1. The molecule has 0 aliphatic carbocycles. The smallest absolute Gasteiger partial charge is 0.255 e. The Balaban J connectivity index is 2.13. The second kappa shape index (κ2) is 6.93. The molecule has 2 aromatic carbocycles. The number of anilines is 1. The molecule has 0 fully saturated rings. The van der Waals surface area contributed by atoms with E-state index < -0.39 is 10.0 Å². The molecule has 0 radical (unpaired) electrons. The van der Waals surface area contributed by atoms with Gasteiger partial charge in [-0.25, -0.2) is 13.1 Å². The van der Waals surface area contributed by atoms with Gasteiger partial charge in [0.25, 0.3) is 5.91 Å². The molecule has 0 bridgehead atoms. The number of benzene rings is 2. The van der Waals surface area contributed by atoms with Gasteiger partial charge in [-0.15, -0.1) is 0 Å². The average molecular weight is 332 g/mol. The molecule has 0 heterocycles. The molecule has 0 aliphatic heterocycles. The lowest BCUT2D eigenvalue weighted by atomic mass is 10.2. The summed E-state index contributed by atoms with van der Waals surface area (Å²) < 4.78 is 26.6. The van der Waals surface area contributed by atoms with Crippen molar-refractivity contribution in [3.8, 4) is 0 Å². The van der Waals surface area contributed by atoms with Crippen molar-refractivity contribution in [3.05, 3.63) is 59.7 Å². The van der Waals surface area contributed by atoms with Crippen LogP contribution in [-0.4, -0.2) is 20.4 Å². The van der Waals surface area contributed by atoms with Gasteiger partial charge in [0.2, 0.25) is 10.0 Å². The van der Waals surface area contributed by atoms with E-state index >= 15 is 0 Å². The van der Waals surface area contributed by atoms with Crippen LogP contribution in [0.25, 0.3) is 0 Å². The van der Waals surface area contributed by atoms with Gasteiger partial charge in [-0.05, 0) is 57.2 Å². The highest BCUT2D eigenvalue weighted by Crippen LogP contribution is 2.14. The predicted octanol–water partition coefficient (Wildman–Crippen LogP) is 2.93. The maximum Gasteiger partial charge on any atom is 0.255 e. The van der Waals surface area contributed by atoms with Crippen molar-refractivity contribution in [1.82, 2.24) is 4.72 Å². The van der Waals surface area contributed by atoms with Crippen LogP contribution in [0.5, 0.6) is 0 Å². The third-order valence-corrected chi connectivity index (χ3v) is 4.80. The Labute approximate surface area is 136 Å². The topological polar surface area (TPSA) is 75.3 Å². The van der Waals surface area contributed by atoms with Gasteiger partial charge in [-0.1, -0.05) is 17.7 Å². The zero-order chi connectivity index (χ0) is 17.0. The summed E-state index contributed by atoms with van der Waals surface area (Å²) in [5.74, 6) is -0.283. The van der Waals surface area contributed by atoms with E-state index in [0.717, 1.165) is 5.56 Å². The summed E-state index contributed by atoms with van der Waals surface area (Å²) in [6.45, 7) is 5.47. The molecule has 2 N–H and O–H groups in total. The minimum atomic E-state index is -3.55. The number of carbonyl (C=O) groups excluding carboxylic acids is 1. The second-order valence-electron chi connectivity index (χ2n) is 5.62. The van der Waals surface area contributed by atoms with Gasteiger partial charge in [0.05, 0.1) is 4.90 Å². The Bertz CT molecular complexity index is 780. The summed E-state index contributed by atoms with van der Waals surface area (Å²) in [4.78, 5) is 12.3. The number of aryl methyl sites for hydroxylation is 1. The fourth-order valence-corrected chi connectivity index (χ4v) is 3.26. The Kier molecular flexibility index (Phi) is 5.18. The lowest BCUT2D eigenvalue weighted by molar-refractivity contribution is 0.102. The van der Waals surface area contributed by atoms with Crippen LogP contribution in [0.15, 0.2) is 53.4 Å². The van der Waals surface area contributed by atoms with Gasteiger partial charge >= 0.3 is 0 Å². The van der Waals surface area contributed by atoms with Crippen LogP contribution in [-0.2, 0) is 10.0 Å². The highest BCUT2D eigenvalue weighted by molar-refractivity contribution is 7.89. The molecule has 23 heavy (non-hydrogen) atoms. The zero-order valence-corrected chi connectivity index (χ0v) is 14.1. The van der Waals surface area contributed by atoms with Crippen molar-refractivity contribution >= 4 is 21.6 Å². The molecule has 0 unspecified atom stereocenters. The van der Waals surface area contributed by atoms with E-state index in [0.29, 0.717) is 11.3 Å². The second-order valence-corrected chi connectivity index (χ2v) is 7.33. The predicted molar refractivity (Wildman–Crippen MR) is 91.0 cm³/mol. The van der Waals surface area contributed by atoms with E-state index in [-0.39, 0.29) is 16.8 Å². The van der Waals surface area contributed by atoms with Crippen molar-refractivity contribution in [3.63, 3.8) is 0 Å². The molecule has 0 spiro atoms. The first-order valence-corrected chi connectivity index (χ1v) is 8.76. The first kappa shape index (κ1) is 17.2. The van der Waals surface area contributed by atoms with Crippen LogP contribution >= 0.6 is 0 Å². The number of nitrogens with one attached hydrogen (secondary N) is 2. The molecule has 5 nitrogen and oxygen atoms in total. The molecule has 122 valence electrons. The molecule has 0 saturated carbocycles. The Morgan fingerprint density at radius 3 is 2.04 bits per heavy atom. The fraction of sp³-hybridized carbons (Fsp3) is 0.235. The van der Waals surface area contributed by atoms with Crippen LogP contribution < -0.4 is 10.0 Å². The molecule has 6 heteroatoms. The third kappa shape index (κ3) is 4.64. The molecule has 0 aliphatic rings. The fourth-order valence-electron chi connectivity index (χ4n) is 2.00. The largest absolute Gasteiger partial charge is 0.322 e. The minimum absolute atomic E-state index is 0.137. The van der Waals surface area contributed by atoms with Gasteiger partial charge in [-0.3, -0.25) is 4.79 Å². The van der Waals surface area contributed by atoms with Crippen LogP contribution in [0.2, 0.25) is 0 Å². The van der Waals surface area contributed by atoms with Crippen LogP contribution in [0.1, 0.15) is 29.8 Å². The maximum atomic E-state index is 12.2. The summed E-state index contributed by atoms with van der Waals surface area (Å²) in [6, 6.07) is 13.1. The first-order valence-electron chi connectivity index (χ1n) is 7.28. The van der Waals surface area contributed by atoms with Crippen molar-refractivity contribution in [1.29, 1.82) is 0 Å². The molecule has 0 aromatic heterocycles. The zero-order valence-electron chi connectivity index (χ0n) is 13.3. The molecule has 0 saturated heterocycles. The van der Waals surface area contributed by atoms with Gasteiger partial charge in [0.1, 0.15) is 0 Å². The molecule has 0 atom stereocenters. The van der Waals surface area contributed by atoms with Crippen molar-refractivity contribution < 1.29 is 13.2 Å². The monoisotopic (exact) mass is 332 g/mol. The number of hydrogen-bond acceptors (Lipinski definition) is 3.